The van der Waals surface area contributed by atoms with Gasteiger partial charge in [-0.15, -0.1) is 0 Å². The molecule has 0 saturated heterocycles. The molecule has 114 valence electrons. The Kier molecular flexibility index (Phi) is 6.03. The van der Waals surface area contributed by atoms with Crippen molar-refractivity contribution in [2.24, 2.45) is 0 Å². The SMILES string of the molecule is CCNC(CCN(C)Cc1ccc(C)o1)c1ccccc1. The third-order valence-electron chi connectivity index (χ3n) is 3.67. The van der Waals surface area contributed by atoms with Crippen molar-refractivity contribution in [2.45, 2.75) is 32.9 Å². The maximum absolute atomic E-state index is 5.64. The normalized spacial score (nSPS) is 12.8. The molecule has 3 heteroatoms. The Bertz CT molecular complexity index is 521. The number of furan rings is 1. The summed E-state index contributed by atoms with van der Waals surface area (Å²) in [5.41, 5.74) is 1.36. The Balaban J connectivity index is 1.86. The van der Waals surface area contributed by atoms with Crippen LogP contribution in [0.5, 0.6) is 0 Å². The van der Waals surface area contributed by atoms with Gasteiger partial charge in [0.25, 0.3) is 0 Å². The lowest BCUT2D eigenvalue weighted by Crippen LogP contribution is -2.27. The number of hydrogen-bond donors (Lipinski definition) is 1. The first-order chi connectivity index (χ1) is 10.2. The minimum absolute atomic E-state index is 0.414. The molecule has 0 bridgehead atoms. The molecule has 0 aliphatic rings. The van der Waals surface area contributed by atoms with Crippen molar-refractivity contribution in [3.63, 3.8) is 0 Å². The summed E-state index contributed by atoms with van der Waals surface area (Å²) in [6, 6.07) is 15.2. The number of rotatable bonds is 8. The lowest BCUT2D eigenvalue weighted by molar-refractivity contribution is 0.275. The molecule has 21 heavy (non-hydrogen) atoms. The van der Waals surface area contributed by atoms with E-state index in [9.17, 15) is 0 Å². The highest BCUT2D eigenvalue weighted by Gasteiger charge is 2.11. The van der Waals surface area contributed by atoms with Gasteiger partial charge in [-0.2, -0.15) is 0 Å². The Morgan fingerprint density at radius 3 is 2.52 bits per heavy atom. The van der Waals surface area contributed by atoms with E-state index in [4.69, 9.17) is 4.42 Å². The molecule has 0 saturated carbocycles. The highest BCUT2D eigenvalue weighted by Crippen LogP contribution is 2.17. The Hall–Kier alpha value is -1.58. The monoisotopic (exact) mass is 286 g/mol. The fourth-order valence-electron chi connectivity index (χ4n) is 2.58. The van der Waals surface area contributed by atoms with Gasteiger partial charge in [0.1, 0.15) is 11.5 Å². The van der Waals surface area contributed by atoms with Crippen LogP contribution in [0.3, 0.4) is 0 Å². The second kappa shape index (κ2) is 8.01. The number of hydrogen-bond acceptors (Lipinski definition) is 3. The molecule has 1 N–H and O–H groups in total. The molecule has 2 rings (SSSR count). The lowest BCUT2D eigenvalue weighted by Gasteiger charge is -2.22. The van der Waals surface area contributed by atoms with Gasteiger partial charge in [0.15, 0.2) is 0 Å². The number of aryl methyl sites for hydroxylation is 1. The Morgan fingerprint density at radius 1 is 1.14 bits per heavy atom. The van der Waals surface area contributed by atoms with Crippen LogP contribution in [0.25, 0.3) is 0 Å². The van der Waals surface area contributed by atoms with Crippen LogP contribution in [0.2, 0.25) is 0 Å². The second-order valence-corrected chi connectivity index (χ2v) is 5.56. The molecule has 1 aromatic carbocycles. The zero-order valence-corrected chi connectivity index (χ0v) is 13.3. The Labute approximate surface area is 128 Å². The fraction of sp³-hybridized carbons (Fsp3) is 0.444. The zero-order chi connectivity index (χ0) is 15.1. The van der Waals surface area contributed by atoms with Gasteiger partial charge >= 0.3 is 0 Å². The van der Waals surface area contributed by atoms with E-state index >= 15 is 0 Å². The van der Waals surface area contributed by atoms with Gasteiger partial charge < -0.3 is 9.73 Å². The van der Waals surface area contributed by atoms with Crippen molar-refractivity contribution in [3.8, 4) is 0 Å². The quantitative estimate of drug-likeness (QED) is 0.801. The minimum atomic E-state index is 0.414. The van der Waals surface area contributed by atoms with E-state index in [0.717, 1.165) is 37.6 Å². The molecule has 0 amide bonds. The van der Waals surface area contributed by atoms with Crippen LogP contribution in [0, 0.1) is 6.92 Å². The van der Waals surface area contributed by atoms with Gasteiger partial charge in [0, 0.05) is 12.6 Å². The summed E-state index contributed by atoms with van der Waals surface area (Å²) in [4.78, 5) is 2.31. The average molecular weight is 286 g/mol. The first-order valence-corrected chi connectivity index (χ1v) is 7.71. The van der Waals surface area contributed by atoms with Gasteiger partial charge in [-0.3, -0.25) is 4.90 Å². The molecule has 2 aromatic rings. The minimum Gasteiger partial charge on any atom is -0.465 e. The first-order valence-electron chi connectivity index (χ1n) is 7.71. The van der Waals surface area contributed by atoms with Crippen LogP contribution in [-0.2, 0) is 6.54 Å². The summed E-state index contributed by atoms with van der Waals surface area (Å²) < 4.78 is 5.64. The van der Waals surface area contributed by atoms with E-state index < -0.39 is 0 Å². The topological polar surface area (TPSA) is 28.4 Å². The van der Waals surface area contributed by atoms with E-state index in [2.05, 4.69) is 60.6 Å². The molecule has 1 unspecified atom stereocenters. The van der Waals surface area contributed by atoms with Crippen molar-refractivity contribution >= 4 is 0 Å². The zero-order valence-electron chi connectivity index (χ0n) is 13.3. The van der Waals surface area contributed by atoms with Crippen molar-refractivity contribution < 1.29 is 4.42 Å². The van der Waals surface area contributed by atoms with E-state index in [1.54, 1.807) is 0 Å². The first kappa shape index (κ1) is 15.8. The fourth-order valence-corrected chi connectivity index (χ4v) is 2.58. The maximum Gasteiger partial charge on any atom is 0.118 e. The van der Waals surface area contributed by atoms with E-state index in [-0.39, 0.29) is 0 Å². The second-order valence-electron chi connectivity index (χ2n) is 5.56. The van der Waals surface area contributed by atoms with E-state index in [1.165, 1.54) is 5.56 Å². The highest BCUT2D eigenvalue weighted by atomic mass is 16.3. The van der Waals surface area contributed by atoms with Gasteiger partial charge in [-0.05, 0) is 44.6 Å². The van der Waals surface area contributed by atoms with Crippen LogP contribution >= 0.6 is 0 Å². The van der Waals surface area contributed by atoms with E-state index in [1.807, 2.05) is 13.0 Å². The van der Waals surface area contributed by atoms with Crippen LogP contribution in [0.4, 0.5) is 0 Å². The molecule has 0 radical (unpaired) electrons. The number of nitrogens with zero attached hydrogens (tertiary/aromatic N) is 1. The van der Waals surface area contributed by atoms with E-state index in [0.29, 0.717) is 6.04 Å². The number of nitrogens with one attached hydrogen (secondary N) is 1. The van der Waals surface area contributed by atoms with Crippen molar-refractivity contribution in [1.82, 2.24) is 10.2 Å². The smallest absolute Gasteiger partial charge is 0.118 e. The average Bonchev–Trinajstić information content (AvgIpc) is 2.89. The molecular weight excluding hydrogens is 260 g/mol. The van der Waals surface area contributed by atoms with Crippen molar-refractivity contribution in [2.75, 3.05) is 20.1 Å². The molecular formula is C18H26N2O. The predicted molar refractivity (Wildman–Crippen MR) is 87.3 cm³/mol. The summed E-state index contributed by atoms with van der Waals surface area (Å²) in [6.07, 6.45) is 1.09. The van der Waals surface area contributed by atoms with Crippen LogP contribution in [0.15, 0.2) is 46.9 Å². The summed E-state index contributed by atoms with van der Waals surface area (Å²) in [7, 11) is 2.14. The molecule has 1 atom stereocenters. The highest BCUT2D eigenvalue weighted by molar-refractivity contribution is 5.18. The van der Waals surface area contributed by atoms with Gasteiger partial charge in [-0.1, -0.05) is 37.3 Å². The van der Waals surface area contributed by atoms with Gasteiger partial charge in [0.05, 0.1) is 6.54 Å². The third-order valence-corrected chi connectivity index (χ3v) is 3.67. The molecule has 0 fully saturated rings. The largest absolute Gasteiger partial charge is 0.465 e. The van der Waals surface area contributed by atoms with Gasteiger partial charge in [0.2, 0.25) is 0 Å². The van der Waals surface area contributed by atoms with Crippen molar-refractivity contribution in [1.29, 1.82) is 0 Å². The van der Waals surface area contributed by atoms with Crippen LogP contribution in [-0.4, -0.2) is 25.0 Å². The summed E-state index contributed by atoms with van der Waals surface area (Å²) in [5.74, 6) is 2.02. The molecule has 0 spiro atoms. The van der Waals surface area contributed by atoms with Crippen LogP contribution in [0.1, 0.15) is 36.5 Å². The standard InChI is InChI=1S/C18H26N2O/c1-4-19-18(16-8-6-5-7-9-16)12-13-20(3)14-17-11-10-15(2)21-17/h5-11,18-19H,4,12-14H2,1-3H3. The Morgan fingerprint density at radius 2 is 1.90 bits per heavy atom. The molecule has 3 nitrogen and oxygen atoms in total. The third kappa shape index (κ3) is 5.03. The van der Waals surface area contributed by atoms with Crippen LogP contribution < -0.4 is 5.32 Å². The van der Waals surface area contributed by atoms with Crippen molar-refractivity contribution in [3.05, 3.63) is 59.5 Å². The molecule has 0 aliphatic carbocycles. The molecule has 1 heterocycles. The molecule has 0 aliphatic heterocycles. The summed E-state index contributed by atoms with van der Waals surface area (Å²) in [6.45, 7) is 7.03. The summed E-state index contributed by atoms with van der Waals surface area (Å²) in [5, 5.41) is 3.57. The predicted octanol–water partition coefficient (Wildman–Crippen LogP) is 3.76. The van der Waals surface area contributed by atoms with Gasteiger partial charge in [-0.25, -0.2) is 0 Å². The molecule has 1 aromatic heterocycles. The maximum atomic E-state index is 5.64. The lowest BCUT2D eigenvalue weighted by atomic mass is 10.0. The number of benzene rings is 1. The summed E-state index contributed by atoms with van der Waals surface area (Å²) >= 11 is 0.